The van der Waals surface area contributed by atoms with Crippen LogP contribution in [0.2, 0.25) is 0 Å². The van der Waals surface area contributed by atoms with Gasteiger partial charge in [0.1, 0.15) is 5.82 Å². The lowest BCUT2D eigenvalue weighted by atomic mass is 9.95. The average molecular weight is 300 g/mol. The van der Waals surface area contributed by atoms with Crippen LogP contribution in [0.1, 0.15) is 30.7 Å². The molecule has 0 amide bonds. The Labute approximate surface area is 131 Å². The molecule has 1 fully saturated rings. The summed E-state index contributed by atoms with van der Waals surface area (Å²) in [6.07, 6.45) is 12.2. The summed E-state index contributed by atoms with van der Waals surface area (Å²) in [5, 5.41) is 3.01. The molecule has 118 valence electrons. The molecule has 0 saturated carbocycles. The third-order valence-electron chi connectivity index (χ3n) is 4.35. The van der Waals surface area contributed by atoms with Crippen LogP contribution in [0.25, 0.3) is 0 Å². The standard InChI is InChI=1S/C16H24N6/c1-17-16-10-19-14(9-20-16)7-13-3-2-5-22(6-4-13)11-15-8-18-12-21-15/h8-10,12-13H,2-7,11H2,1H3,(H,17,20)(H,18,21)/t13-/m0/s1. The first kappa shape index (κ1) is 15.0. The number of H-pyrrole nitrogens is 1. The van der Waals surface area contributed by atoms with Gasteiger partial charge in [0.15, 0.2) is 0 Å². The van der Waals surface area contributed by atoms with E-state index in [1.807, 2.05) is 25.6 Å². The van der Waals surface area contributed by atoms with Crippen molar-refractivity contribution in [2.45, 2.75) is 32.2 Å². The molecule has 1 saturated heterocycles. The minimum Gasteiger partial charge on any atom is -0.372 e. The minimum absolute atomic E-state index is 0.710. The summed E-state index contributed by atoms with van der Waals surface area (Å²) >= 11 is 0. The Bertz CT molecular complexity index is 551. The number of rotatable bonds is 5. The highest BCUT2D eigenvalue weighted by molar-refractivity contribution is 5.29. The summed E-state index contributed by atoms with van der Waals surface area (Å²) in [6.45, 7) is 3.29. The van der Waals surface area contributed by atoms with Gasteiger partial charge in [0, 0.05) is 25.5 Å². The number of aromatic nitrogens is 4. The first-order valence-electron chi connectivity index (χ1n) is 8.02. The molecule has 1 aliphatic rings. The topological polar surface area (TPSA) is 69.7 Å². The highest BCUT2D eigenvalue weighted by Crippen LogP contribution is 2.22. The average Bonchev–Trinajstić information content (AvgIpc) is 2.96. The molecule has 3 heterocycles. The molecule has 6 heteroatoms. The van der Waals surface area contributed by atoms with Crippen LogP contribution in [0.3, 0.4) is 0 Å². The molecule has 1 atom stereocenters. The van der Waals surface area contributed by atoms with Crippen LogP contribution in [0.4, 0.5) is 5.82 Å². The minimum atomic E-state index is 0.710. The quantitative estimate of drug-likeness (QED) is 0.885. The molecule has 2 aromatic rings. The van der Waals surface area contributed by atoms with E-state index in [0.717, 1.165) is 31.0 Å². The molecule has 2 N–H and O–H groups in total. The van der Waals surface area contributed by atoms with Crippen molar-refractivity contribution in [1.29, 1.82) is 0 Å². The summed E-state index contributed by atoms with van der Waals surface area (Å²) in [5.74, 6) is 1.54. The van der Waals surface area contributed by atoms with Crippen LogP contribution < -0.4 is 5.32 Å². The summed E-state index contributed by atoms with van der Waals surface area (Å²) in [6, 6.07) is 0. The first-order chi connectivity index (χ1) is 10.8. The van der Waals surface area contributed by atoms with E-state index in [1.54, 1.807) is 6.33 Å². The zero-order chi connectivity index (χ0) is 15.2. The second-order valence-corrected chi connectivity index (χ2v) is 6.00. The third kappa shape index (κ3) is 4.04. The molecule has 0 aromatic carbocycles. The second kappa shape index (κ2) is 7.35. The van der Waals surface area contributed by atoms with Crippen LogP contribution in [-0.4, -0.2) is 45.0 Å². The van der Waals surface area contributed by atoms with Crippen molar-refractivity contribution in [3.8, 4) is 0 Å². The lowest BCUT2D eigenvalue weighted by Crippen LogP contribution is -2.24. The number of aromatic amines is 1. The number of nitrogens with zero attached hydrogens (tertiary/aromatic N) is 4. The Morgan fingerprint density at radius 3 is 2.91 bits per heavy atom. The molecule has 0 bridgehead atoms. The largest absolute Gasteiger partial charge is 0.372 e. The van der Waals surface area contributed by atoms with Crippen molar-refractivity contribution in [3.05, 3.63) is 36.3 Å². The van der Waals surface area contributed by atoms with Crippen molar-refractivity contribution >= 4 is 5.82 Å². The van der Waals surface area contributed by atoms with Crippen molar-refractivity contribution in [2.75, 3.05) is 25.5 Å². The molecule has 0 unspecified atom stereocenters. The second-order valence-electron chi connectivity index (χ2n) is 6.00. The zero-order valence-electron chi connectivity index (χ0n) is 13.1. The van der Waals surface area contributed by atoms with Crippen LogP contribution in [0, 0.1) is 5.92 Å². The Kier molecular flexibility index (Phi) is 5.00. The smallest absolute Gasteiger partial charge is 0.144 e. The monoisotopic (exact) mass is 300 g/mol. The van der Waals surface area contributed by atoms with Gasteiger partial charge < -0.3 is 10.3 Å². The predicted molar refractivity (Wildman–Crippen MR) is 86.5 cm³/mol. The van der Waals surface area contributed by atoms with Gasteiger partial charge in [-0.1, -0.05) is 0 Å². The third-order valence-corrected chi connectivity index (χ3v) is 4.35. The van der Waals surface area contributed by atoms with E-state index in [4.69, 9.17) is 0 Å². The van der Waals surface area contributed by atoms with E-state index in [0.29, 0.717) is 5.92 Å². The van der Waals surface area contributed by atoms with Gasteiger partial charge in [-0.2, -0.15) is 0 Å². The van der Waals surface area contributed by atoms with Crippen LogP contribution in [-0.2, 0) is 13.0 Å². The number of anilines is 1. The molecule has 2 aromatic heterocycles. The van der Waals surface area contributed by atoms with Crippen LogP contribution >= 0.6 is 0 Å². The first-order valence-corrected chi connectivity index (χ1v) is 8.02. The van der Waals surface area contributed by atoms with Gasteiger partial charge in [-0.3, -0.25) is 9.88 Å². The fourth-order valence-electron chi connectivity index (χ4n) is 3.08. The van der Waals surface area contributed by atoms with E-state index in [1.165, 1.54) is 31.5 Å². The Balaban J connectivity index is 1.51. The number of nitrogens with one attached hydrogen (secondary N) is 2. The van der Waals surface area contributed by atoms with E-state index < -0.39 is 0 Å². The van der Waals surface area contributed by atoms with E-state index in [2.05, 4.69) is 30.2 Å². The fraction of sp³-hybridized carbons (Fsp3) is 0.562. The molecular formula is C16H24N6. The Morgan fingerprint density at radius 2 is 2.18 bits per heavy atom. The maximum absolute atomic E-state index is 4.50. The summed E-state index contributed by atoms with van der Waals surface area (Å²) < 4.78 is 0. The summed E-state index contributed by atoms with van der Waals surface area (Å²) in [4.78, 5) is 18.7. The molecule has 6 nitrogen and oxygen atoms in total. The van der Waals surface area contributed by atoms with Gasteiger partial charge in [-0.05, 0) is 44.7 Å². The Hall–Kier alpha value is -1.95. The number of imidazole rings is 1. The predicted octanol–water partition coefficient (Wildman–Crippen LogP) is 2.09. The molecule has 0 aliphatic carbocycles. The molecule has 22 heavy (non-hydrogen) atoms. The van der Waals surface area contributed by atoms with Crippen molar-refractivity contribution in [2.24, 2.45) is 5.92 Å². The van der Waals surface area contributed by atoms with E-state index >= 15 is 0 Å². The fourth-order valence-corrected chi connectivity index (χ4v) is 3.08. The molecular weight excluding hydrogens is 276 g/mol. The lowest BCUT2D eigenvalue weighted by Gasteiger charge is -2.19. The van der Waals surface area contributed by atoms with Crippen LogP contribution in [0.15, 0.2) is 24.9 Å². The molecule has 0 radical (unpaired) electrons. The SMILES string of the molecule is CNc1cnc(C[C@H]2CCCN(Cc3cnc[nH]3)CC2)cn1. The highest BCUT2D eigenvalue weighted by Gasteiger charge is 2.18. The normalized spacial score (nSPS) is 19.8. The van der Waals surface area contributed by atoms with Gasteiger partial charge in [0.05, 0.1) is 24.4 Å². The number of hydrogen-bond acceptors (Lipinski definition) is 5. The number of hydrogen-bond donors (Lipinski definition) is 2. The highest BCUT2D eigenvalue weighted by atomic mass is 15.1. The maximum Gasteiger partial charge on any atom is 0.144 e. The van der Waals surface area contributed by atoms with E-state index in [9.17, 15) is 0 Å². The van der Waals surface area contributed by atoms with Gasteiger partial charge in [0.2, 0.25) is 0 Å². The van der Waals surface area contributed by atoms with Gasteiger partial charge in [0.25, 0.3) is 0 Å². The van der Waals surface area contributed by atoms with E-state index in [-0.39, 0.29) is 0 Å². The molecule has 3 rings (SSSR count). The molecule has 0 spiro atoms. The summed E-state index contributed by atoms with van der Waals surface area (Å²) in [5.41, 5.74) is 2.30. The van der Waals surface area contributed by atoms with Crippen molar-refractivity contribution < 1.29 is 0 Å². The van der Waals surface area contributed by atoms with Crippen molar-refractivity contribution in [1.82, 2.24) is 24.8 Å². The van der Waals surface area contributed by atoms with Crippen molar-refractivity contribution in [3.63, 3.8) is 0 Å². The van der Waals surface area contributed by atoms with Gasteiger partial charge >= 0.3 is 0 Å². The Morgan fingerprint density at radius 1 is 1.23 bits per heavy atom. The van der Waals surface area contributed by atoms with Gasteiger partial charge in [-0.25, -0.2) is 9.97 Å². The maximum atomic E-state index is 4.50. The van der Waals surface area contributed by atoms with Gasteiger partial charge in [-0.15, -0.1) is 0 Å². The lowest BCUT2D eigenvalue weighted by molar-refractivity contribution is 0.269. The van der Waals surface area contributed by atoms with Crippen LogP contribution in [0.5, 0.6) is 0 Å². The number of likely N-dealkylation sites (tertiary alicyclic amines) is 1. The zero-order valence-corrected chi connectivity index (χ0v) is 13.1. The summed E-state index contributed by atoms with van der Waals surface area (Å²) in [7, 11) is 1.86. The molecule has 1 aliphatic heterocycles.